The van der Waals surface area contributed by atoms with Gasteiger partial charge in [-0.25, -0.2) is 0 Å². The first-order valence-corrected chi connectivity index (χ1v) is 9.83. The molecule has 0 radical (unpaired) electrons. The van der Waals surface area contributed by atoms with E-state index in [0.29, 0.717) is 6.54 Å². The largest absolute Gasteiger partial charge is 0.493 e. The minimum Gasteiger partial charge on any atom is -0.493 e. The second-order valence-corrected chi connectivity index (χ2v) is 7.62. The van der Waals surface area contributed by atoms with Gasteiger partial charge in [0, 0.05) is 45.1 Å². The van der Waals surface area contributed by atoms with Gasteiger partial charge in [0.25, 0.3) is 0 Å². The molecule has 29 heavy (non-hydrogen) atoms. The van der Waals surface area contributed by atoms with Gasteiger partial charge in [-0.1, -0.05) is 19.9 Å². The second kappa shape index (κ2) is 11.5. The zero-order chi connectivity index (χ0) is 20.7. The van der Waals surface area contributed by atoms with E-state index < -0.39 is 0 Å². The number of methoxy groups -OCH3 is 2. The molecule has 0 aromatic heterocycles. The Labute approximate surface area is 191 Å². The standard InChI is InChI=1S/C21H34N4O3.HI/c1-7-22-20(25-12-10-24(11-13-25)16(2)26)23-15-21(3,4)17-8-9-18(27-5)19(14-17)28-6;/h8-9,14H,7,10-13,15H2,1-6H3,(H,22,23);1H. The van der Waals surface area contributed by atoms with Crippen molar-refractivity contribution in [3.05, 3.63) is 23.8 Å². The zero-order valence-electron chi connectivity index (χ0n) is 18.4. The highest BCUT2D eigenvalue weighted by atomic mass is 127. The van der Waals surface area contributed by atoms with Crippen molar-refractivity contribution < 1.29 is 14.3 Å². The molecule has 1 aliphatic rings. The number of carbonyl (C=O) groups excluding carboxylic acids is 1. The molecule has 0 aliphatic carbocycles. The number of carbonyl (C=O) groups is 1. The van der Waals surface area contributed by atoms with E-state index in [-0.39, 0.29) is 35.3 Å². The van der Waals surface area contributed by atoms with Crippen LogP contribution >= 0.6 is 24.0 Å². The van der Waals surface area contributed by atoms with Crippen molar-refractivity contribution in [2.45, 2.75) is 33.1 Å². The highest BCUT2D eigenvalue weighted by Gasteiger charge is 2.25. The molecule has 1 aliphatic heterocycles. The van der Waals surface area contributed by atoms with E-state index in [1.807, 2.05) is 17.0 Å². The normalized spacial score (nSPS) is 14.9. The molecule has 0 spiro atoms. The second-order valence-electron chi connectivity index (χ2n) is 7.62. The third kappa shape index (κ3) is 6.65. The maximum absolute atomic E-state index is 11.6. The minimum absolute atomic E-state index is 0. The summed E-state index contributed by atoms with van der Waals surface area (Å²) in [5, 5.41) is 3.39. The molecule has 0 atom stereocenters. The van der Waals surface area contributed by atoms with Gasteiger partial charge < -0.3 is 24.6 Å². The topological polar surface area (TPSA) is 66.4 Å². The fourth-order valence-electron chi connectivity index (χ4n) is 3.28. The van der Waals surface area contributed by atoms with Crippen molar-refractivity contribution >= 4 is 35.8 Å². The van der Waals surface area contributed by atoms with Gasteiger partial charge in [-0.3, -0.25) is 9.79 Å². The molecule has 164 valence electrons. The number of benzene rings is 1. The van der Waals surface area contributed by atoms with Crippen LogP contribution in [0.3, 0.4) is 0 Å². The number of guanidine groups is 1. The van der Waals surface area contributed by atoms with Crippen molar-refractivity contribution in [2.24, 2.45) is 4.99 Å². The van der Waals surface area contributed by atoms with E-state index in [4.69, 9.17) is 14.5 Å². The average molecular weight is 518 g/mol. The lowest BCUT2D eigenvalue weighted by atomic mass is 9.84. The fraction of sp³-hybridized carbons (Fsp3) is 0.619. The Morgan fingerprint density at radius 2 is 1.69 bits per heavy atom. The zero-order valence-corrected chi connectivity index (χ0v) is 20.8. The number of ether oxygens (including phenoxy) is 2. The molecule has 1 aromatic carbocycles. The first-order valence-electron chi connectivity index (χ1n) is 9.83. The van der Waals surface area contributed by atoms with Gasteiger partial charge in [-0.2, -0.15) is 0 Å². The molecule has 1 heterocycles. The number of hydrogen-bond acceptors (Lipinski definition) is 4. The molecule has 1 amide bonds. The fourth-order valence-corrected chi connectivity index (χ4v) is 3.28. The molecule has 1 N–H and O–H groups in total. The smallest absolute Gasteiger partial charge is 0.219 e. The first-order chi connectivity index (χ1) is 13.3. The average Bonchev–Trinajstić information content (AvgIpc) is 2.70. The number of nitrogens with one attached hydrogen (secondary N) is 1. The molecule has 2 rings (SSSR count). The molecule has 8 heteroatoms. The molecular formula is C21H35IN4O3. The summed E-state index contributed by atoms with van der Waals surface area (Å²) in [6.07, 6.45) is 0. The van der Waals surface area contributed by atoms with Crippen LogP contribution in [0, 0.1) is 0 Å². The highest BCUT2D eigenvalue weighted by molar-refractivity contribution is 14.0. The van der Waals surface area contributed by atoms with Gasteiger partial charge in [0.05, 0.1) is 20.8 Å². The van der Waals surface area contributed by atoms with E-state index in [0.717, 1.165) is 55.7 Å². The lowest BCUT2D eigenvalue weighted by Crippen LogP contribution is -2.53. The maximum Gasteiger partial charge on any atom is 0.219 e. The number of rotatable bonds is 6. The number of halogens is 1. The molecule has 1 fully saturated rings. The summed E-state index contributed by atoms with van der Waals surface area (Å²) in [4.78, 5) is 20.6. The van der Waals surface area contributed by atoms with Crippen LogP contribution < -0.4 is 14.8 Å². The van der Waals surface area contributed by atoms with Gasteiger partial charge in [0.15, 0.2) is 17.5 Å². The van der Waals surface area contributed by atoms with Gasteiger partial charge in [0.1, 0.15) is 0 Å². The molecule has 1 aromatic rings. The number of aliphatic imine (C=N–C) groups is 1. The Morgan fingerprint density at radius 3 is 2.21 bits per heavy atom. The van der Waals surface area contributed by atoms with Crippen LogP contribution in [-0.2, 0) is 10.2 Å². The highest BCUT2D eigenvalue weighted by Crippen LogP contribution is 2.33. The Morgan fingerprint density at radius 1 is 1.10 bits per heavy atom. The third-order valence-corrected chi connectivity index (χ3v) is 5.15. The summed E-state index contributed by atoms with van der Waals surface area (Å²) in [5.74, 6) is 2.49. The van der Waals surface area contributed by atoms with Crippen molar-refractivity contribution in [3.8, 4) is 11.5 Å². The Hall–Kier alpha value is -1.71. The maximum atomic E-state index is 11.6. The SMILES string of the molecule is CCNC(=NCC(C)(C)c1ccc(OC)c(OC)c1)N1CCN(C(C)=O)CC1.I. The summed E-state index contributed by atoms with van der Waals surface area (Å²) >= 11 is 0. The van der Waals surface area contributed by atoms with Gasteiger partial charge in [0.2, 0.25) is 5.91 Å². The van der Waals surface area contributed by atoms with Gasteiger partial charge in [-0.05, 0) is 24.6 Å². The minimum atomic E-state index is -0.165. The first kappa shape index (κ1) is 25.3. The van der Waals surface area contributed by atoms with Gasteiger partial charge in [-0.15, -0.1) is 24.0 Å². The Bertz CT molecular complexity index is 701. The summed E-state index contributed by atoms with van der Waals surface area (Å²) in [7, 11) is 3.29. The third-order valence-electron chi connectivity index (χ3n) is 5.15. The van der Waals surface area contributed by atoms with Crippen molar-refractivity contribution in [3.63, 3.8) is 0 Å². The number of amides is 1. The molecule has 0 unspecified atom stereocenters. The predicted molar refractivity (Wildman–Crippen MR) is 128 cm³/mol. The quantitative estimate of drug-likeness (QED) is 0.357. The molecule has 0 saturated carbocycles. The lowest BCUT2D eigenvalue weighted by Gasteiger charge is -2.36. The van der Waals surface area contributed by atoms with Gasteiger partial charge >= 0.3 is 0 Å². The summed E-state index contributed by atoms with van der Waals surface area (Å²) in [6.45, 7) is 12.5. The van der Waals surface area contributed by atoms with E-state index >= 15 is 0 Å². The Kier molecular flexibility index (Phi) is 10.0. The molecule has 1 saturated heterocycles. The van der Waals surface area contributed by atoms with Crippen LogP contribution in [0.4, 0.5) is 0 Å². The van der Waals surface area contributed by atoms with E-state index in [2.05, 4.69) is 37.1 Å². The summed E-state index contributed by atoms with van der Waals surface area (Å²) in [6, 6.07) is 6.02. The van der Waals surface area contributed by atoms with Crippen molar-refractivity contribution in [1.29, 1.82) is 0 Å². The van der Waals surface area contributed by atoms with Crippen LogP contribution in [0.5, 0.6) is 11.5 Å². The predicted octanol–water partition coefficient (Wildman–Crippen LogP) is 2.73. The van der Waals surface area contributed by atoms with E-state index in [1.54, 1.807) is 21.1 Å². The number of hydrogen-bond donors (Lipinski definition) is 1. The van der Waals surface area contributed by atoms with E-state index in [9.17, 15) is 4.79 Å². The number of nitrogens with zero attached hydrogens (tertiary/aromatic N) is 3. The summed E-state index contributed by atoms with van der Waals surface area (Å²) in [5.41, 5.74) is 0.979. The van der Waals surface area contributed by atoms with Crippen LogP contribution in [0.25, 0.3) is 0 Å². The lowest BCUT2D eigenvalue weighted by molar-refractivity contribution is -0.130. The summed E-state index contributed by atoms with van der Waals surface area (Å²) < 4.78 is 10.8. The monoisotopic (exact) mass is 518 g/mol. The van der Waals surface area contributed by atoms with Crippen molar-refractivity contribution in [1.82, 2.24) is 15.1 Å². The van der Waals surface area contributed by atoms with Crippen molar-refractivity contribution in [2.75, 3.05) is 53.5 Å². The Balaban J connectivity index is 0.00000420. The van der Waals surface area contributed by atoms with Crippen LogP contribution in [0.1, 0.15) is 33.3 Å². The van der Waals surface area contributed by atoms with E-state index in [1.165, 1.54) is 0 Å². The molecular weight excluding hydrogens is 483 g/mol. The van der Waals surface area contributed by atoms with Crippen LogP contribution in [-0.4, -0.2) is 75.2 Å². The van der Waals surface area contributed by atoms with Crippen LogP contribution in [0.15, 0.2) is 23.2 Å². The van der Waals surface area contributed by atoms with Crippen LogP contribution in [0.2, 0.25) is 0 Å². The molecule has 0 bridgehead atoms. The molecule has 7 nitrogen and oxygen atoms in total. The number of piperazine rings is 1.